The van der Waals surface area contributed by atoms with Crippen molar-refractivity contribution < 1.29 is 9.84 Å². The van der Waals surface area contributed by atoms with Crippen LogP contribution in [-0.2, 0) is 4.74 Å². The molecule has 1 aromatic heterocycles. The minimum absolute atomic E-state index is 0.365. The van der Waals surface area contributed by atoms with Crippen LogP contribution in [0.25, 0.3) is 0 Å². The molecule has 0 spiro atoms. The number of hydrogen-bond donors (Lipinski definition) is 1. The molecule has 1 unspecified atom stereocenters. The Labute approximate surface area is 150 Å². The van der Waals surface area contributed by atoms with E-state index < -0.39 is 6.10 Å². The maximum atomic E-state index is 10.7. The van der Waals surface area contributed by atoms with Gasteiger partial charge in [0.05, 0.1) is 5.69 Å². The quantitative estimate of drug-likeness (QED) is 0.772. The highest BCUT2D eigenvalue weighted by Crippen LogP contribution is 2.46. The minimum atomic E-state index is -0.677. The highest BCUT2D eigenvalue weighted by atomic mass is 32.2. The van der Waals surface area contributed by atoms with Crippen molar-refractivity contribution in [3.8, 4) is 0 Å². The van der Waals surface area contributed by atoms with Crippen LogP contribution in [0, 0.1) is 0 Å². The van der Waals surface area contributed by atoms with Crippen molar-refractivity contribution in [2.45, 2.75) is 16.0 Å². The molecular formula is C19H17N3O2S. The molecule has 1 aliphatic heterocycles. The first-order valence-electron chi connectivity index (χ1n) is 7.90. The lowest BCUT2D eigenvalue weighted by atomic mass is 10.0. The fourth-order valence-corrected chi connectivity index (χ4v) is 3.87. The second kappa shape index (κ2) is 6.84. The summed E-state index contributed by atoms with van der Waals surface area (Å²) < 4.78 is 5.37. The third kappa shape index (κ3) is 3.00. The van der Waals surface area contributed by atoms with Crippen molar-refractivity contribution in [1.29, 1.82) is 0 Å². The highest BCUT2D eigenvalue weighted by molar-refractivity contribution is 7.99. The fourth-order valence-electron chi connectivity index (χ4n) is 2.88. The van der Waals surface area contributed by atoms with Crippen LogP contribution in [0.3, 0.4) is 0 Å². The molecule has 25 heavy (non-hydrogen) atoms. The van der Waals surface area contributed by atoms with Crippen LogP contribution in [0.5, 0.6) is 0 Å². The number of anilines is 2. The van der Waals surface area contributed by atoms with Crippen LogP contribution in [0.1, 0.15) is 17.2 Å². The molecule has 4 rings (SSSR count). The molecule has 5 nitrogen and oxygen atoms in total. The first-order valence-corrected chi connectivity index (χ1v) is 8.72. The lowest BCUT2D eigenvalue weighted by molar-refractivity contribution is 0.204. The van der Waals surface area contributed by atoms with Gasteiger partial charge in [0.15, 0.2) is 5.82 Å². The third-order valence-corrected chi connectivity index (χ3v) is 5.12. The zero-order valence-electron chi connectivity index (χ0n) is 13.7. The molecule has 2 heterocycles. The monoisotopic (exact) mass is 351 g/mol. The van der Waals surface area contributed by atoms with Crippen molar-refractivity contribution in [3.63, 3.8) is 0 Å². The summed E-state index contributed by atoms with van der Waals surface area (Å²) in [5, 5.41) is 11.6. The van der Waals surface area contributed by atoms with Crippen LogP contribution in [0.4, 0.5) is 11.5 Å². The first kappa shape index (κ1) is 16.1. The van der Waals surface area contributed by atoms with E-state index in [1.807, 2.05) is 53.4 Å². The SMILES string of the molecule is COCN1c2cc(C(O)c3ccccc3)ccc2Sc2nccnc21. The van der Waals surface area contributed by atoms with Crippen LogP contribution in [0.15, 0.2) is 70.8 Å². The van der Waals surface area contributed by atoms with Crippen molar-refractivity contribution in [3.05, 3.63) is 72.1 Å². The molecule has 0 fully saturated rings. The molecular weight excluding hydrogens is 334 g/mol. The summed E-state index contributed by atoms with van der Waals surface area (Å²) in [4.78, 5) is 11.9. The van der Waals surface area contributed by atoms with Gasteiger partial charge in [0.1, 0.15) is 17.9 Å². The molecule has 0 bridgehead atoms. The molecule has 1 aliphatic rings. The average molecular weight is 351 g/mol. The summed E-state index contributed by atoms with van der Waals surface area (Å²) in [6.07, 6.45) is 2.69. The Morgan fingerprint density at radius 2 is 1.88 bits per heavy atom. The van der Waals surface area contributed by atoms with Gasteiger partial charge < -0.3 is 9.84 Å². The van der Waals surface area contributed by atoms with E-state index in [9.17, 15) is 5.11 Å². The number of aliphatic hydroxyl groups is 1. The fraction of sp³-hybridized carbons (Fsp3) is 0.158. The Balaban J connectivity index is 1.76. The summed E-state index contributed by atoms with van der Waals surface area (Å²) in [5.41, 5.74) is 2.66. The van der Waals surface area contributed by atoms with Gasteiger partial charge in [-0.1, -0.05) is 48.2 Å². The lowest BCUT2D eigenvalue weighted by Gasteiger charge is -2.30. The minimum Gasteiger partial charge on any atom is -0.384 e. The first-order chi connectivity index (χ1) is 12.3. The summed E-state index contributed by atoms with van der Waals surface area (Å²) >= 11 is 1.58. The Morgan fingerprint density at radius 3 is 2.68 bits per heavy atom. The van der Waals surface area contributed by atoms with Gasteiger partial charge >= 0.3 is 0 Å². The molecule has 0 amide bonds. The van der Waals surface area contributed by atoms with Gasteiger partial charge in [-0.3, -0.25) is 4.90 Å². The molecule has 1 atom stereocenters. The van der Waals surface area contributed by atoms with Gasteiger partial charge in [-0.15, -0.1) is 0 Å². The van der Waals surface area contributed by atoms with Gasteiger partial charge in [0, 0.05) is 24.4 Å². The van der Waals surface area contributed by atoms with Gasteiger partial charge in [-0.2, -0.15) is 0 Å². The number of fused-ring (bicyclic) bond motifs is 2. The van der Waals surface area contributed by atoms with Crippen LogP contribution in [-0.4, -0.2) is 28.9 Å². The van der Waals surface area contributed by atoms with E-state index in [4.69, 9.17) is 4.74 Å². The molecule has 1 N–H and O–H groups in total. The Hall–Kier alpha value is -2.41. The number of benzene rings is 2. The number of aromatic nitrogens is 2. The number of hydrogen-bond acceptors (Lipinski definition) is 6. The standard InChI is InChI=1S/C19H17N3O2S/c1-24-12-22-15-11-14(17(23)13-5-3-2-4-6-13)7-8-16(15)25-19-18(22)20-9-10-21-19/h2-11,17,23H,12H2,1H3. The van der Waals surface area contributed by atoms with E-state index in [1.54, 1.807) is 31.3 Å². The molecule has 6 heteroatoms. The largest absolute Gasteiger partial charge is 0.384 e. The number of aliphatic hydroxyl groups excluding tert-OH is 1. The number of rotatable bonds is 4. The van der Waals surface area contributed by atoms with Gasteiger partial charge in [0.25, 0.3) is 0 Å². The third-order valence-electron chi connectivity index (χ3n) is 4.07. The summed E-state index contributed by atoms with van der Waals surface area (Å²) in [7, 11) is 1.65. The van der Waals surface area contributed by atoms with Crippen LogP contribution in [0.2, 0.25) is 0 Å². The molecule has 0 saturated heterocycles. The van der Waals surface area contributed by atoms with E-state index >= 15 is 0 Å². The molecule has 126 valence electrons. The molecule has 0 aliphatic carbocycles. The van der Waals surface area contributed by atoms with Gasteiger partial charge in [-0.05, 0) is 23.3 Å². The average Bonchev–Trinajstić information content (AvgIpc) is 2.68. The Bertz CT molecular complexity index is 889. The molecule has 3 aromatic rings. The smallest absolute Gasteiger partial charge is 0.168 e. The molecule has 0 saturated carbocycles. The van der Waals surface area contributed by atoms with Crippen LogP contribution < -0.4 is 4.90 Å². The predicted molar refractivity (Wildman–Crippen MR) is 97.1 cm³/mol. The van der Waals surface area contributed by atoms with E-state index in [-0.39, 0.29) is 0 Å². The summed E-state index contributed by atoms with van der Waals surface area (Å²) in [5.74, 6) is 0.771. The van der Waals surface area contributed by atoms with Crippen LogP contribution >= 0.6 is 11.8 Å². The zero-order valence-corrected chi connectivity index (χ0v) is 14.5. The molecule has 0 radical (unpaired) electrons. The Kier molecular flexibility index (Phi) is 4.40. The lowest BCUT2D eigenvalue weighted by Crippen LogP contribution is -2.24. The van der Waals surface area contributed by atoms with Crippen molar-refractivity contribution in [2.75, 3.05) is 18.7 Å². The topological polar surface area (TPSA) is 58.5 Å². The van der Waals surface area contributed by atoms with E-state index in [2.05, 4.69) is 9.97 Å². The number of nitrogens with zero attached hydrogens (tertiary/aromatic N) is 3. The number of methoxy groups -OCH3 is 1. The maximum Gasteiger partial charge on any atom is 0.168 e. The second-order valence-electron chi connectivity index (χ2n) is 5.67. The van der Waals surface area contributed by atoms with E-state index in [0.717, 1.165) is 32.6 Å². The highest BCUT2D eigenvalue weighted by Gasteiger charge is 2.26. The summed E-state index contributed by atoms with van der Waals surface area (Å²) in [6.45, 7) is 0.365. The zero-order chi connectivity index (χ0) is 17.2. The van der Waals surface area contributed by atoms with Crippen molar-refractivity contribution in [2.24, 2.45) is 0 Å². The second-order valence-corrected chi connectivity index (χ2v) is 6.70. The summed E-state index contributed by atoms with van der Waals surface area (Å²) in [6, 6.07) is 15.6. The van der Waals surface area contributed by atoms with Gasteiger partial charge in [-0.25, -0.2) is 9.97 Å². The number of ether oxygens (including phenoxy) is 1. The van der Waals surface area contributed by atoms with Gasteiger partial charge in [0.2, 0.25) is 0 Å². The molecule has 2 aromatic carbocycles. The van der Waals surface area contributed by atoms with E-state index in [1.165, 1.54) is 0 Å². The predicted octanol–water partition coefficient (Wildman–Crippen LogP) is 3.76. The Morgan fingerprint density at radius 1 is 1.08 bits per heavy atom. The van der Waals surface area contributed by atoms with Crippen molar-refractivity contribution in [1.82, 2.24) is 9.97 Å². The normalized spacial score (nSPS) is 13.9. The van der Waals surface area contributed by atoms with Crippen molar-refractivity contribution >= 4 is 23.3 Å². The maximum absolute atomic E-state index is 10.7. The van der Waals surface area contributed by atoms with E-state index in [0.29, 0.717) is 6.73 Å².